The summed E-state index contributed by atoms with van der Waals surface area (Å²) in [6.07, 6.45) is 0.326. The highest BCUT2D eigenvalue weighted by molar-refractivity contribution is 9.10. The minimum Gasteiger partial charge on any atom is -0.455 e. The first-order valence-electron chi connectivity index (χ1n) is 6.27. The molecule has 0 bridgehead atoms. The highest BCUT2D eigenvalue weighted by atomic mass is 79.9. The molecule has 1 N–H and O–H groups in total. The van der Waals surface area contributed by atoms with Gasteiger partial charge in [0.25, 0.3) is 5.91 Å². The van der Waals surface area contributed by atoms with Crippen LogP contribution in [0.2, 0.25) is 0 Å². The van der Waals surface area contributed by atoms with Crippen LogP contribution in [-0.4, -0.2) is 22.8 Å². The molecule has 4 nitrogen and oxygen atoms in total. The SMILES string of the molecule is Cc1ccc(NC(=O)COC(=O)[C@]2(C)CC2(Cl)Cl)c(Br)c1. The Morgan fingerprint density at radius 2 is 2.05 bits per heavy atom. The van der Waals surface area contributed by atoms with E-state index in [9.17, 15) is 9.59 Å². The van der Waals surface area contributed by atoms with Gasteiger partial charge in [-0.25, -0.2) is 0 Å². The molecular formula is C14H14BrCl2NO3. The predicted octanol–water partition coefficient (Wildman–Crippen LogP) is 3.82. The van der Waals surface area contributed by atoms with Gasteiger partial charge in [-0.1, -0.05) is 6.07 Å². The number of esters is 1. The number of rotatable bonds is 4. The lowest BCUT2D eigenvalue weighted by Gasteiger charge is -2.12. The van der Waals surface area contributed by atoms with Gasteiger partial charge in [0.05, 0.1) is 5.69 Å². The van der Waals surface area contributed by atoms with E-state index in [1.54, 1.807) is 13.0 Å². The Hall–Kier alpha value is -0.780. The molecule has 1 aliphatic carbocycles. The van der Waals surface area contributed by atoms with Gasteiger partial charge < -0.3 is 10.1 Å². The second kappa shape index (κ2) is 5.78. The number of alkyl halides is 2. The maximum absolute atomic E-state index is 11.8. The average molecular weight is 395 g/mol. The Morgan fingerprint density at radius 3 is 2.57 bits per heavy atom. The maximum atomic E-state index is 11.8. The van der Waals surface area contributed by atoms with Crippen molar-refractivity contribution in [3.05, 3.63) is 28.2 Å². The summed E-state index contributed by atoms with van der Waals surface area (Å²) >= 11 is 15.1. The highest BCUT2D eigenvalue weighted by Crippen LogP contribution is 2.64. The van der Waals surface area contributed by atoms with Crippen LogP contribution in [0, 0.1) is 12.3 Å². The standard InChI is InChI=1S/C14H14BrCl2NO3/c1-8-3-4-10(9(15)5-8)18-11(19)6-21-12(20)13(2)7-14(13,16)17/h3-5H,6-7H2,1-2H3,(H,18,19)/t13-/m0/s1. The van der Waals surface area contributed by atoms with Gasteiger partial charge in [0.1, 0.15) is 9.75 Å². The number of hydrogen-bond donors (Lipinski definition) is 1. The molecule has 114 valence electrons. The van der Waals surface area contributed by atoms with E-state index >= 15 is 0 Å². The number of carbonyl (C=O) groups excluding carboxylic acids is 2. The second-order valence-corrected chi connectivity index (χ2v) is 7.66. The van der Waals surface area contributed by atoms with Crippen LogP contribution in [0.3, 0.4) is 0 Å². The summed E-state index contributed by atoms with van der Waals surface area (Å²) in [6.45, 7) is 3.18. The number of carbonyl (C=O) groups is 2. The summed E-state index contributed by atoms with van der Waals surface area (Å²) in [7, 11) is 0. The van der Waals surface area contributed by atoms with Gasteiger partial charge in [-0.2, -0.15) is 0 Å². The van der Waals surface area contributed by atoms with Crippen molar-refractivity contribution in [3.8, 4) is 0 Å². The number of nitrogens with one attached hydrogen (secondary N) is 1. The molecule has 1 aromatic carbocycles. The fraction of sp³-hybridized carbons (Fsp3) is 0.429. The molecule has 0 aromatic heterocycles. The third-order valence-electron chi connectivity index (χ3n) is 3.44. The number of amides is 1. The summed E-state index contributed by atoms with van der Waals surface area (Å²) in [5.41, 5.74) is 0.748. The predicted molar refractivity (Wildman–Crippen MR) is 85.6 cm³/mol. The van der Waals surface area contributed by atoms with Crippen molar-refractivity contribution in [3.63, 3.8) is 0 Å². The molecule has 0 radical (unpaired) electrons. The zero-order valence-corrected chi connectivity index (χ0v) is 14.6. The topological polar surface area (TPSA) is 55.4 Å². The van der Waals surface area contributed by atoms with Crippen molar-refractivity contribution < 1.29 is 14.3 Å². The average Bonchev–Trinajstić information content (AvgIpc) is 2.90. The third-order valence-corrected chi connectivity index (χ3v) is 5.20. The Balaban J connectivity index is 1.87. The van der Waals surface area contributed by atoms with E-state index in [0.717, 1.165) is 10.0 Å². The van der Waals surface area contributed by atoms with E-state index in [-0.39, 0.29) is 6.61 Å². The molecule has 0 aliphatic heterocycles. The molecule has 0 saturated heterocycles. The van der Waals surface area contributed by atoms with Crippen LogP contribution in [0.5, 0.6) is 0 Å². The largest absolute Gasteiger partial charge is 0.455 e. The smallest absolute Gasteiger partial charge is 0.315 e. The molecule has 1 aliphatic rings. The first-order valence-corrected chi connectivity index (χ1v) is 7.82. The van der Waals surface area contributed by atoms with Crippen LogP contribution in [0.4, 0.5) is 5.69 Å². The van der Waals surface area contributed by atoms with Crippen molar-refractivity contribution in [2.24, 2.45) is 5.41 Å². The number of hydrogen-bond acceptors (Lipinski definition) is 3. The molecule has 1 atom stereocenters. The summed E-state index contributed by atoms with van der Waals surface area (Å²) in [6, 6.07) is 5.51. The molecule has 21 heavy (non-hydrogen) atoms. The van der Waals surface area contributed by atoms with Gasteiger partial charge in [0.15, 0.2) is 6.61 Å². The monoisotopic (exact) mass is 393 g/mol. The molecule has 1 aromatic rings. The Morgan fingerprint density at radius 1 is 1.43 bits per heavy atom. The molecule has 0 unspecified atom stereocenters. The Labute approximate surface area is 141 Å². The maximum Gasteiger partial charge on any atom is 0.315 e. The third kappa shape index (κ3) is 3.52. The van der Waals surface area contributed by atoms with Crippen LogP contribution in [0.15, 0.2) is 22.7 Å². The van der Waals surface area contributed by atoms with Crippen molar-refractivity contribution in [1.82, 2.24) is 0 Å². The normalized spacial score (nSPS) is 22.5. The lowest BCUT2D eigenvalue weighted by Crippen LogP contribution is -2.26. The van der Waals surface area contributed by atoms with Gasteiger partial charge in [-0.15, -0.1) is 23.2 Å². The van der Waals surface area contributed by atoms with Crippen molar-refractivity contribution in [2.45, 2.75) is 24.6 Å². The van der Waals surface area contributed by atoms with E-state index in [4.69, 9.17) is 27.9 Å². The van der Waals surface area contributed by atoms with Gasteiger partial charge in [-0.3, -0.25) is 9.59 Å². The molecule has 1 amide bonds. The minimum atomic E-state index is -1.10. The number of anilines is 1. The van der Waals surface area contributed by atoms with Crippen LogP contribution < -0.4 is 5.32 Å². The number of ether oxygens (including phenoxy) is 1. The van der Waals surface area contributed by atoms with E-state index in [1.807, 2.05) is 19.1 Å². The summed E-state index contributed by atoms with van der Waals surface area (Å²) in [5, 5.41) is 2.66. The van der Waals surface area contributed by atoms with E-state index in [1.165, 1.54) is 0 Å². The zero-order valence-electron chi connectivity index (χ0n) is 11.5. The molecule has 1 saturated carbocycles. The fourth-order valence-corrected chi connectivity index (χ4v) is 3.10. The van der Waals surface area contributed by atoms with Crippen LogP contribution in [0.25, 0.3) is 0 Å². The minimum absolute atomic E-state index is 0.326. The molecule has 2 rings (SSSR count). The highest BCUT2D eigenvalue weighted by Gasteiger charge is 2.69. The molecule has 0 spiro atoms. The lowest BCUT2D eigenvalue weighted by atomic mass is 10.1. The zero-order chi connectivity index (χ0) is 15.8. The summed E-state index contributed by atoms with van der Waals surface area (Å²) in [5.74, 6) is -0.988. The van der Waals surface area contributed by atoms with Crippen molar-refractivity contribution in [1.29, 1.82) is 0 Å². The Kier molecular flexibility index (Phi) is 4.57. The van der Waals surface area contributed by atoms with Crippen LogP contribution in [-0.2, 0) is 14.3 Å². The molecular weight excluding hydrogens is 381 g/mol. The molecule has 7 heteroatoms. The van der Waals surface area contributed by atoms with Gasteiger partial charge in [-0.05, 0) is 47.5 Å². The van der Waals surface area contributed by atoms with Crippen LogP contribution in [0.1, 0.15) is 18.9 Å². The van der Waals surface area contributed by atoms with Gasteiger partial charge in [0, 0.05) is 10.9 Å². The van der Waals surface area contributed by atoms with Crippen LogP contribution >= 0.6 is 39.1 Å². The van der Waals surface area contributed by atoms with Gasteiger partial charge >= 0.3 is 5.97 Å². The van der Waals surface area contributed by atoms with E-state index in [0.29, 0.717) is 12.1 Å². The second-order valence-electron chi connectivity index (χ2n) is 5.32. The van der Waals surface area contributed by atoms with Crippen molar-refractivity contribution >= 4 is 56.7 Å². The lowest BCUT2D eigenvalue weighted by molar-refractivity contribution is -0.152. The quantitative estimate of drug-likeness (QED) is 0.623. The van der Waals surface area contributed by atoms with E-state index in [2.05, 4.69) is 21.2 Å². The van der Waals surface area contributed by atoms with Gasteiger partial charge in [0.2, 0.25) is 0 Å². The number of benzene rings is 1. The number of halogens is 3. The van der Waals surface area contributed by atoms with E-state index < -0.39 is 21.6 Å². The summed E-state index contributed by atoms with van der Waals surface area (Å²) < 4.78 is 4.63. The molecule has 0 heterocycles. The fourth-order valence-electron chi connectivity index (χ4n) is 1.82. The Bertz CT molecular complexity index is 606. The molecule has 1 fully saturated rings. The number of aryl methyl sites for hydroxylation is 1. The van der Waals surface area contributed by atoms with Crippen molar-refractivity contribution in [2.75, 3.05) is 11.9 Å². The summed E-state index contributed by atoms with van der Waals surface area (Å²) in [4.78, 5) is 23.6. The first-order chi connectivity index (χ1) is 9.65. The first kappa shape index (κ1) is 16.6.